The van der Waals surface area contributed by atoms with Crippen molar-refractivity contribution in [2.45, 2.75) is 25.8 Å². The zero-order valence-corrected chi connectivity index (χ0v) is 17.4. The number of rotatable bonds is 5. The molecule has 0 saturated carbocycles. The van der Waals surface area contributed by atoms with Crippen molar-refractivity contribution in [1.29, 1.82) is 0 Å². The highest BCUT2D eigenvalue weighted by molar-refractivity contribution is 6.32. The zero-order valence-electron chi connectivity index (χ0n) is 15.8. The Balaban J connectivity index is 0.00000225. The van der Waals surface area contributed by atoms with E-state index >= 15 is 0 Å². The molecule has 0 amide bonds. The van der Waals surface area contributed by atoms with Crippen molar-refractivity contribution in [1.82, 2.24) is 4.90 Å². The van der Waals surface area contributed by atoms with Crippen LogP contribution >= 0.6 is 24.0 Å². The first-order valence-corrected chi connectivity index (χ1v) is 9.66. The van der Waals surface area contributed by atoms with Gasteiger partial charge < -0.3 is 9.32 Å². The molecule has 146 valence electrons. The van der Waals surface area contributed by atoms with Crippen LogP contribution in [-0.4, -0.2) is 24.3 Å². The van der Waals surface area contributed by atoms with Crippen LogP contribution in [0, 0.1) is 0 Å². The maximum Gasteiger partial charge on any atom is 0.156 e. The summed E-state index contributed by atoms with van der Waals surface area (Å²) in [5, 5.41) is 1.90. The van der Waals surface area contributed by atoms with Crippen molar-refractivity contribution >= 4 is 46.8 Å². The fraction of sp³-hybridized carbons (Fsp3) is 0.261. The third-order valence-corrected chi connectivity index (χ3v) is 5.49. The standard InChI is InChI=1S/C23H22ClNO2.ClH/c1-25-14-13-18-20(24)10-12-22-23(18)19(15-25)21(27-22)11-9-17(26)8-7-16-5-3-2-4-6-16;/h2-6,9-12H,7-8,13-15H2,1H3;1H/b11-9+;. The van der Waals surface area contributed by atoms with E-state index in [2.05, 4.69) is 11.9 Å². The number of aryl methyl sites for hydroxylation is 1. The summed E-state index contributed by atoms with van der Waals surface area (Å²) in [6.45, 7) is 1.74. The number of hydrogen-bond donors (Lipinski definition) is 0. The number of carbonyl (C=O) groups excluding carboxylic acids is 1. The van der Waals surface area contributed by atoms with Gasteiger partial charge in [0.2, 0.25) is 0 Å². The Bertz CT molecular complexity index is 1010. The van der Waals surface area contributed by atoms with Gasteiger partial charge in [-0.05, 0) is 55.3 Å². The second kappa shape index (κ2) is 8.95. The maximum atomic E-state index is 12.3. The predicted octanol–water partition coefficient (Wildman–Crippen LogP) is 5.71. The molecule has 1 aliphatic rings. The number of halogens is 2. The lowest BCUT2D eigenvalue weighted by Crippen LogP contribution is -2.18. The van der Waals surface area contributed by atoms with Crippen LogP contribution in [0.3, 0.4) is 0 Å². The Morgan fingerprint density at radius 3 is 2.75 bits per heavy atom. The quantitative estimate of drug-likeness (QED) is 0.500. The predicted molar refractivity (Wildman–Crippen MR) is 117 cm³/mol. The van der Waals surface area contributed by atoms with E-state index in [1.807, 2.05) is 48.5 Å². The monoisotopic (exact) mass is 415 g/mol. The van der Waals surface area contributed by atoms with Crippen LogP contribution in [0.2, 0.25) is 5.02 Å². The summed E-state index contributed by atoms with van der Waals surface area (Å²) >= 11 is 6.43. The second-order valence-electron chi connectivity index (χ2n) is 7.12. The third kappa shape index (κ3) is 4.33. The molecule has 0 atom stereocenters. The summed E-state index contributed by atoms with van der Waals surface area (Å²) in [4.78, 5) is 14.6. The topological polar surface area (TPSA) is 33.5 Å². The molecule has 5 heteroatoms. The van der Waals surface area contributed by atoms with Gasteiger partial charge in [-0.15, -0.1) is 12.4 Å². The van der Waals surface area contributed by atoms with Crippen LogP contribution in [0.1, 0.15) is 28.9 Å². The summed E-state index contributed by atoms with van der Waals surface area (Å²) in [6, 6.07) is 13.9. The molecular formula is C23H23Cl2NO2. The number of allylic oxidation sites excluding steroid dienone is 1. The Morgan fingerprint density at radius 2 is 1.96 bits per heavy atom. The summed E-state index contributed by atoms with van der Waals surface area (Å²) < 4.78 is 6.06. The molecule has 0 fully saturated rings. The minimum absolute atomic E-state index is 0. The molecule has 3 nitrogen and oxygen atoms in total. The molecule has 3 aromatic rings. The van der Waals surface area contributed by atoms with E-state index in [1.165, 1.54) is 5.56 Å². The first-order chi connectivity index (χ1) is 13.1. The second-order valence-corrected chi connectivity index (χ2v) is 7.52. The molecule has 1 aliphatic heterocycles. The zero-order chi connectivity index (χ0) is 18.8. The van der Waals surface area contributed by atoms with Gasteiger partial charge in [-0.1, -0.05) is 41.9 Å². The SMILES string of the molecule is CN1CCc2c(Cl)ccc3oc(/C=C/C(=O)CCc4ccccc4)c(c23)C1.Cl. The molecule has 0 radical (unpaired) electrons. The summed E-state index contributed by atoms with van der Waals surface area (Å²) in [6.07, 6.45) is 5.60. The van der Waals surface area contributed by atoms with Crippen LogP contribution in [-0.2, 0) is 24.2 Å². The van der Waals surface area contributed by atoms with Crippen molar-refractivity contribution in [3.8, 4) is 0 Å². The summed E-state index contributed by atoms with van der Waals surface area (Å²) in [7, 11) is 2.09. The molecule has 2 heterocycles. The van der Waals surface area contributed by atoms with Crippen LogP contribution < -0.4 is 0 Å². The number of ketones is 1. The number of nitrogens with zero attached hydrogens (tertiary/aromatic N) is 1. The number of carbonyl (C=O) groups is 1. The molecule has 4 rings (SSSR count). The smallest absolute Gasteiger partial charge is 0.156 e. The number of likely N-dealkylation sites (N-methyl/N-ethyl adjacent to an activating group) is 1. The van der Waals surface area contributed by atoms with Gasteiger partial charge in [0.15, 0.2) is 5.78 Å². The highest BCUT2D eigenvalue weighted by Gasteiger charge is 2.22. The molecule has 0 unspecified atom stereocenters. The first kappa shape index (κ1) is 20.7. The van der Waals surface area contributed by atoms with Gasteiger partial charge in [0.1, 0.15) is 11.3 Å². The fourth-order valence-corrected chi connectivity index (χ4v) is 3.92. The van der Waals surface area contributed by atoms with Crippen LogP contribution in [0.4, 0.5) is 0 Å². The van der Waals surface area contributed by atoms with Crippen molar-refractivity contribution < 1.29 is 9.21 Å². The molecule has 1 aromatic heterocycles. The Hall–Kier alpha value is -2.07. The third-order valence-electron chi connectivity index (χ3n) is 5.13. The molecule has 0 N–H and O–H groups in total. The van der Waals surface area contributed by atoms with Gasteiger partial charge in [0, 0.05) is 35.5 Å². The van der Waals surface area contributed by atoms with E-state index < -0.39 is 0 Å². The van der Waals surface area contributed by atoms with Crippen molar-refractivity contribution in [3.05, 3.63) is 76.0 Å². The molecule has 28 heavy (non-hydrogen) atoms. The lowest BCUT2D eigenvalue weighted by Gasteiger charge is -2.12. The van der Waals surface area contributed by atoms with Gasteiger partial charge in [-0.25, -0.2) is 0 Å². The van der Waals surface area contributed by atoms with Gasteiger partial charge in [-0.2, -0.15) is 0 Å². The van der Waals surface area contributed by atoms with E-state index in [1.54, 1.807) is 6.08 Å². The number of hydrogen-bond acceptors (Lipinski definition) is 3. The van der Waals surface area contributed by atoms with Crippen molar-refractivity contribution in [2.75, 3.05) is 13.6 Å². The van der Waals surface area contributed by atoms with Gasteiger partial charge in [0.25, 0.3) is 0 Å². The highest BCUT2D eigenvalue weighted by atomic mass is 35.5. The molecule has 0 spiro atoms. The molecule has 0 saturated heterocycles. The molecule has 0 bridgehead atoms. The lowest BCUT2D eigenvalue weighted by atomic mass is 10.0. The fourth-order valence-electron chi connectivity index (χ4n) is 3.67. The Morgan fingerprint density at radius 1 is 1.18 bits per heavy atom. The number of benzene rings is 2. The van der Waals surface area contributed by atoms with Crippen molar-refractivity contribution in [3.63, 3.8) is 0 Å². The van der Waals surface area contributed by atoms with Crippen LogP contribution in [0.5, 0.6) is 0 Å². The molecular weight excluding hydrogens is 393 g/mol. The van der Waals surface area contributed by atoms with Crippen molar-refractivity contribution in [2.24, 2.45) is 0 Å². The van der Waals surface area contributed by atoms with E-state index in [-0.39, 0.29) is 18.2 Å². The largest absolute Gasteiger partial charge is 0.456 e. The van der Waals surface area contributed by atoms with Crippen LogP contribution in [0.25, 0.3) is 17.0 Å². The average molecular weight is 416 g/mol. The van der Waals surface area contributed by atoms with Crippen LogP contribution in [0.15, 0.2) is 53.0 Å². The van der Waals surface area contributed by atoms with E-state index in [0.717, 1.165) is 58.8 Å². The number of furan rings is 1. The summed E-state index contributed by atoms with van der Waals surface area (Å²) in [5.41, 5.74) is 4.29. The first-order valence-electron chi connectivity index (χ1n) is 9.28. The van der Waals surface area contributed by atoms with Gasteiger partial charge >= 0.3 is 0 Å². The normalized spacial score (nSPS) is 14.2. The summed E-state index contributed by atoms with van der Waals surface area (Å²) in [5.74, 6) is 0.863. The average Bonchev–Trinajstić information content (AvgIpc) is 2.91. The Kier molecular flexibility index (Phi) is 6.61. The van der Waals surface area contributed by atoms with Gasteiger partial charge in [-0.3, -0.25) is 4.79 Å². The van der Waals surface area contributed by atoms with Gasteiger partial charge in [0.05, 0.1) is 0 Å². The lowest BCUT2D eigenvalue weighted by molar-refractivity contribution is -0.114. The molecule has 0 aliphatic carbocycles. The molecule has 2 aromatic carbocycles. The van der Waals surface area contributed by atoms with E-state index in [9.17, 15) is 4.79 Å². The van der Waals surface area contributed by atoms with E-state index in [0.29, 0.717) is 6.42 Å². The highest BCUT2D eigenvalue weighted by Crippen LogP contribution is 2.36. The van der Waals surface area contributed by atoms with E-state index in [4.69, 9.17) is 16.0 Å². The minimum atomic E-state index is 0. The maximum absolute atomic E-state index is 12.3. The minimum Gasteiger partial charge on any atom is -0.456 e. The Labute approximate surface area is 176 Å².